The molecule has 1 aliphatic heterocycles. The first-order valence-electron chi connectivity index (χ1n) is 17.6. The first-order chi connectivity index (χ1) is 25.1. The van der Waals surface area contributed by atoms with Gasteiger partial charge in [0, 0.05) is 25.1 Å². The van der Waals surface area contributed by atoms with Crippen LogP contribution in [0.3, 0.4) is 0 Å². The number of fused-ring (bicyclic) bond motifs is 1. The van der Waals surface area contributed by atoms with Gasteiger partial charge in [0.1, 0.15) is 18.1 Å². The van der Waals surface area contributed by atoms with Gasteiger partial charge in [-0.25, -0.2) is 4.79 Å². The SMILES string of the molecule is CSCC[C@@H](NC(=O)C1Cc2ccccc2CN1C(=O)[C@@H](NC(=O)CCSC(c1ccccc1)(c1ccccc1)c1ccccc1)C(C)C)C(=O)O. The molecule has 0 radical (unpaired) electrons. The maximum atomic E-state index is 14.4. The molecular weight excluding hydrogens is 691 g/mol. The van der Waals surface area contributed by atoms with E-state index in [2.05, 4.69) is 47.0 Å². The molecule has 1 unspecified atom stereocenters. The van der Waals surface area contributed by atoms with Crippen LogP contribution in [0.4, 0.5) is 0 Å². The van der Waals surface area contributed by atoms with Crippen LogP contribution in [-0.2, 0) is 36.9 Å². The van der Waals surface area contributed by atoms with Gasteiger partial charge in [0.25, 0.3) is 0 Å². The summed E-state index contributed by atoms with van der Waals surface area (Å²) in [5.41, 5.74) is 5.15. The number of nitrogens with one attached hydrogen (secondary N) is 2. The zero-order valence-corrected chi connectivity index (χ0v) is 31.5. The molecule has 1 aliphatic rings. The van der Waals surface area contributed by atoms with E-state index in [1.165, 1.54) is 16.7 Å². The Labute approximate surface area is 315 Å². The molecule has 10 heteroatoms. The van der Waals surface area contributed by atoms with Crippen LogP contribution in [0.1, 0.15) is 54.5 Å². The Balaban J connectivity index is 1.35. The number of hydrogen-bond donors (Lipinski definition) is 3. The summed E-state index contributed by atoms with van der Waals surface area (Å²) in [6, 6.07) is 35.6. The Kier molecular flexibility index (Phi) is 13.6. The third-order valence-corrected chi connectivity index (χ3v) is 11.7. The van der Waals surface area contributed by atoms with Crippen LogP contribution in [0.2, 0.25) is 0 Å². The van der Waals surface area contributed by atoms with E-state index < -0.39 is 34.7 Å². The molecule has 0 saturated carbocycles. The van der Waals surface area contributed by atoms with Crippen LogP contribution in [0, 0.1) is 5.92 Å². The van der Waals surface area contributed by atoms with Crippen molar-refractivity contribution in [2.75, 3.05) is 17.8 Å². The second kappa shape index (κ2) is 18.3. The van der Waals surface area contributed by atoms with E-state index in [1.807, 2.05) is 99.0 Å². The first-order valence-corrected chi connectivity index (χ1v) is 20.0. The zero-order valence-electron chi connectivity index (χ0n) is 29.9. The number of benzene rings is 4. The van der Waals surface area contributed by atoms with E-state index >= 15 is 0 Å². The minimum Gasteiger partial charge on any atom is -0.480 e. The van der Waals surface area contributed by atoms with Gasteiger partial charge in [-0.05, 0) is 52.2 Å². The summed E-state index contributed by atoms with van der Waals surface area (Å²) in [5, 5.41) is 15.5. The summed E-state index contributed by atoms with van der Waals surface area (Å²) < 4.78 is -0.581. The summed E-state index contributed by atoms with van der Waals surface area (Å²) in [5.74, 6) is -1.49. The number of amides is 3. The maximum absolute atomic E-state index is 14.4. The summed E-state index contributed by atoms with van der Waals surface area (Å²) in [4.78, 5) is 55.4. The fraction of sp³-hybridized carbons (Fsp3) is 0.333. The molecular formula is C42H47N3O5S2. The average Bonchev–Trinajstić information content (AvgIpc) is 3.17. The molecule has 8 nitrogen and oxygen atoms in total. The van der Waals surface area contributed by atoms with Gasteiger partial charge in [0.2, 0.25) is 17.7 Å². The highest BCUT2D eigenvalue weighted by Crippen LogP contribution is 2.48. The van der Waals surface area contributed by atoms with Crippen molar-refractivity contribution in [2.45, 2.75) is 62.5 Å². The molecule has 4 aromatic carbocycles. The Hall–Kier alpha value is -4.54. The minimum atomic E-state index is -1.11. The number of aliphatic carboxylic acids is 1. The molecule has 3 atom stereocenters. The smallest absolute Gasteiger partial charge is 0.326 e. The molecule has 5 rings (SSSR count). The monoisotopic (exact) mass is 737 g/mol. The van der Waals surface area contributed by atoms with E-state index in [9.17, 15) is 24.3 Å². The second-order valence-corrected chi connectivity index (χ2v) is 15.6. The summed E-state index contributed by atoms with van der Waals surface area (Å²) in [6.07, 6.45) is 2.56. The molecule has 0 saturated heterocycles. The fourth-order valence-corrected chi connectivity index (χ4v) is 8.73. The minimum absolute atomic E-state index is 0.165. The van der Waals surface area contributed by atoms with Crippen LogP contribution < -0.4 is 10.6 Å². The van der Waals surface area contributed by atoms with E-state index in [4.69, 9.17) is 0 Å². The molecule has 3 amide bonds. The molecule has 0 aromatic heterocycles. The lowest BCUT2D eigenvalue weighted by Gasteiger charge is -2.39. The van der Waals surface area contributed by atoms with E-state index in [-0.39, 0.29) is 43.5 Å². The van der Waals surface area contributed by atoms with Gasteiger partial charge in [-0.3, -0.25) is 14.4 Å². The zero-order chi connectivity index (χ0) is 37.1. The molecule has 272 valence electrons. The van der Waals surface area contributed by atoms with Gasteiger partial charge < -0.3 is 20.6 Å². The van der Waals surface area contributed by atoms with Crippen molar-refractivity contribution in [3.63, 3.8) is 0 Å². The largest absolute Gasteiger partial charge is 0.480 e. The number of rotatable bonds is 16. The number of carbonyl (C=O) groups is 4. The first kappa shape index (κ1) is 38.7. The summed E-state index contributed by atoms with van der Waals surface area (Å²) >= 11 is 3.18. The van der Waals surface area contributed by atoms with Gasteiger partial charge in [0.05, 0.1) is 4.75 Å². The van der Waals surface area contributed by atoms with Crippen molar-refractivity contribution in [1.82, 2.24) is 15.5 Å². The average molecular weight is 738 g/mol. The lowest BCUT2D eigenvalue weighted by molar-refractivity contribution is -0.147. The highest BCUT2D eigenvalue weighted by atomic mass is 32.2. The van der Waals surface area contributed by atoms with Crippen LogP contribution in [-0.4, -0.2) is 69.6 Å². The molecule has 3 N–H and O–H groups in total. The molecule has 0 spiro atoms. The number of carboxylic acids is 1. The maximum Gasteiger partial charge on any atom is 0.326 e. The number of nitrogens with zero attached hydrogens (tertiary/aromatic N) is 1. The second-order valence-electron chi connectivity index (χ2n) is 13.3. The van der Waals surface area contributed by atoms with Crippen LogP contribution >= 0.6 is 23.5 Å². The van der Waals surface area contributed by atoms with Crippen molar-refractivity contribution in [3.8, 4) is 0 Å². The summed E-state index contributed by atoms with van der Waals surface area (Å²) in [6.45, 7) is 3.93. The molecule has 1 heterocycles. The van der Waals surface area contributed by atoms with E-state index in [0.29, 0.717) is 11.5 Å². The van der Waals surface area contributed by atoms with E-state index in [1.54, 1.807) is 11.8 Å². The Morgan fingerprint density at radius 3 is 1.79 bits per heavy atom. The molecule has 0 fully saturated rings. The van der Waals surface area contributed by atoms with Crippen LogP contribution in [0.25, 0.3) is 0 Å². The Morgan fingerprint density at radius 1 is 0.769 bits per heavy atom. The number of hydrogen-bond acceptors (Lipinski definition) is 6. The van der Waals surface area contributed by atoms with Crippen molar-refractivity contribution < 1.29 is 24.3 Å². The van der Waals surface area contributed by atoms with Crippen molar-refractivity contribution >= 4 is 47.2 Å². The highest BCUT2D eigenvalue weighted by Gasteiger charge is 2.40. The van der Waals surface area contributed by atoms with Gasteiger partial charge >= 0.3 is 5.97 Å². The normalized spacial score (nSPS) is 15.3. The lowest BCUT2D eigenvalue weighted by Crippen LogP contribution is -2.60. The molecule has 0 bridgehead atoms. The lowest BCUT2D eigenvalue weighted by atomic mass is 9.84. The molecule has 0 aliphatic carbocycles. The van der Waals surface area contributed by atoms with Gasteiger partial charge in [-0.1, -0.05) is 129 Å². The number of carboxylic acid groups (broad SMARTS) is 1. The van der Waals surface area contributed by atoms with E-state index in [0.717, 1.165) is 27.8 Å². The van der Waals surface area contributed by atoms with Gasteiger partial charge in [-0.2, -0.15) is 11.8 Å². The fourth-order valence-electron chi connectivity index (χ4n) is 6.75. The van der Waals surface area contributed by atoms with Crippen molar-refractivity contribution in [1.29, 1.82) is 0 Å². The Bertz CT molecular complexity index is 1710. The third kappa shape index (κ3) is 9.08. The third-order valence-electron chi connectivity index (χ3n) is 9.50. The van der Waals surface area contributed by atoms with Crippen molar-refractivity contribution in [2.24, 2.45) is 5.92 Å². The highest BCUT2D eigenvalue weighted by molar-refractivity contribution is 8.00. The Morgan fingerprint density at radius 2 is 1.29 bits per heavy atom. The molecule has 4 aromatic rings. The summed E-state index contributed by atoms with van der Waals surface area (Å²) in [7, 11) is 0. The molecule has 52 heavy (non-hydrogen) atoms. The standard InChI is InChI=1S/C42H47N3O5S2/c1-29(2)38(40(48)45-28-31-16-14-13-15-30(31)27-36(45)39(47)43-35(41(49)50)23-25-51-3)44-37(46)24-26-52-42(32-17-7-4-8-18-32,33-19-9-5-10-20-33)34-21-11-6-12-22-34/h4-22,29,35-36,38H,23-28H2,1-3H3,(H,43,47)(H,44,46)(H,49,50)/t35-,36?,38+/m1/s1. The van der Waals surface area contributed by atoms with Crippen LogP contribution in [0.5, 0.6) is 0 Å². The predicted molar refractivity (Wildman–Crippen MR) is 210 cm³/mol. The predicted octanol–water partition coefficient (Wildman–Crippen LogP) is 6.52. The quantitative estimate of drug-likeness (QED) is 0.112. The topological polar surface area (TPSA) is 116 Å². The van der Waals surface area contributed by atoms with Gasteiger partial charge in [0.15, 0.2) is 0 Å². The number of carbonyl (C=O) groups excluding carboxylic acids is 3. The van der Waals surface area contributed by atoms with Gasteiger partial charge in [-0.15, -0.1) is 11.8 Å². The van der Waals surface area contributed by atoms with Crippen LogP contribution in [0.15, 0.2) is 115 Å². The number of thioether (sulfide) groups is 2. The van der Waals surface area contributed by atoms with Crippen molar-refractivity contribution in [3.05, 3.63) is 143 Å².